The number of benzene rings is 2. The maximum Gasteiger partial charge on any atom is 0.258 e. The third-order valence-electron chi connectivity index (χ3n) is 3.14. The van der Waals surface area contributed by atoms with E-state index < -0.39 is 11.7 Å². The highest BCUT2D eigenvalue weighted by molar-refractivity contribution is 6.03. The molecule has 0 fully saturated rings. The summed E-state index contributed by atoms with van der Waals surface area (Å²) in [7, 11) is 0. The lowest BCUT2D eigenvalue weighted by atomic mass is 10.2. The van der Waals surface area contributed by atoms with Crippen LogP contribution in [0.4, 0.5) is 26.1 Å². The summed E-state index contributed by atoms with van der Waals surface area (Å²) in [5.74, 6) is -1.14. The molecule has 0 aliphatic heterocycles. The van der Waals surface area contributed by atoms with Gasteiger partial charge in [0.25, 0.3) is 5.91 Å². The Morgan fingerprint density at radius 3 is 2.25 bits per heavy atom. The summed E-state index contributed by atoms with van der Waals surface area (Å²) < 4.78 is 26.4. The van der Waals surface area contributed by atoms with Crippen molar-refractivity contribution in [1.82, 2.24) is 9.97 Å². The van der Waals surface area contributed by atoms with Gasteiger partial charge in [-0.2, -0.15) is 0 Å². The van der Waals surface area contributed by atoms with E-state index in [1.165, 1.54) is 54.9 Å². The van der Waals surface area contributed by atoms with E-state index in [2.05, 4.69) is 20.6 Å². The number of amides is 1. The lowest BCUT2D eigenvalue weighted by Gasteiger charge is -2.07. The van der Waals surface area contributed by atoms with E-state index in [1.54, 1.807) is 6.07 Å². The van der Waals surface area contributed by atoms with Gasteiger partial charge in [-0.1, -0.05) is 12.1 Å². The predicted octanol–water partition coefficient (Wildman–Crippen LogP) is 3.75. The average Bonchev–Trinajstić information content (AvgIpc) is 2.59. The second-order valence-electron chi connectivity index (χ2n) is 4.86. The topological polar surface area (TPSA) is 66.9 Å². The molecular formula is C17H12F2N4O. The zero-order chi connectivity index (χ0) is 16.9. The Bertz CT molecular complexity index is 851. The summed E-state index contributed by atoms with van der Waals surface area (Å²) in [6.07, 6.45) is 2.63. The molecule has 0 saturated carbocycles. The molecule has 0 aliphatic carbocycles. The van der Waals surface area contributed by atoms with Crippen LogP contribution in [-0.2, 0) is 0 Å². The fourth-order valence-corrected chi connectivity index (χ4v) is 1.93. The lowest BCUT2D eigenvalue weighted by Crippen LogP contribution is -2.14. The number of nitrogens with zero attached hydrogens (tertiary/aromatic N) is 2. The highest BCUT2D eigenvalue weighted by Gasteiger charge is 2.10. The molecule has 5 nitrogen and oxygen atoms in total. The first-order valence-electron chi connectivity index (χ1n) is 7.02. The molecule has 0 spiro atoms. The normalized spacial score (nSPS) is 10.2. The van der Waals surface area contributed by atoms with Crippen molar-refractivity contribution in [1.29, 1.82) is 0 Å². The Kier molecular flexibility index (Phi) is 4.42. The smallest absolute Gasteiger partial charge is 0.258 e. The lowest BCUT2D eigenvalue weighted by molar-refractivity contribution is 0.102. The number of rotatable bonds is 4. The molecule has 0 radical (unpaired) electrons. The molecule has 0 saturated heterocycles. The molecule has 120 valence electrons. The van der Waals surface area contributed by atoms with Crippen molar-refractivity contribution in [2.75, 3.05) is 10.6 Å². The minimum Gasteiger partial charge on any atom is -0.324 e. The molecular weight excluding hydrogens is 314 g/mol. The van der Waals surface area contributed by atoms with Crippen LogP contribution in [0.5, 0.6) is 0 Å². The maximum absolute atomic E-state index is 13.5. The first kappa shape index (κ1) is 15.5. The second kappa shape index (κ2) is 6.82. The Labute approximate surface area is 136 Å². The monoisotopic (exact) mass is 326 g/mol. The van der Waals surface area contributed by atoms with E-state index in [9.17, 15) is 13.6 Å². The number of hydrogen-bond acceptors (Lipinski definition) is 4. The molecule has 1 heterocycles. The molecule has 1 aromatic heterocycles. The molecule has 0 aliphatic rings. The van der Waals surface area contributed by atoms with Gasteiger partial charge < -0.3 is 10.6 Å². The van der Waals surface area contributed by atoms with Crippen LogP contribution in [0.3, 0.4) is 0 Å². The summed E-state index contributed by atoms with van der Waals surface area (Å²) in [5.41, 5.74) is 0.874. The third-order valence-corrected chi connectivity index (χ3v) is 3.14. The van der Waals surface area contributed by atoms with Gasteiger partial charge in [0, 0.05) is 18.1 Å². The Morgan fingerprint density at radius 1 is 0.917 bits per heavy atom. The minimum atomic E-state index is -0.527. The number of nitrogens with one attached hydrogen (secondary N) is 2. The Hall–Kier alpha value is -3.35. The highest BCUT2D eigenvalue weighted by atomic mass is 19.1. The van der Waals surface area contributed by atoms with Gasteiger partial charge in [-0.15, -0.1) is 0 Å². The van der Waals surface area contributed by atoms with Gasteiger partial charge in [0.05, 0.1) is 11.3 Å². The van der Waals surface area contributed by atoms with E-state index in [1.807, 2.05) is 0 Å². The predicted molar refractivity (Wildman–Crippen MR) is 86.1 cm³/mol. The zero-order valence-electron chi connectivity index (χ0n) is 12.3. The maximum atomic E-state index is 13.5. The van der Waals surface area contributed by atoms with Crippen LogP contribution in [-0.4, -0.2) is 15.9 Å². The number of para-hydroxylation sites is 1. The molecule has 3 rings (SSSR count). The highest BCUT2D eigenvalue weighted by Crippen LogP contribution is 2.15. The van der Waals surface area contributed by atoms with Crippen molar-refractivity contribution in [3.63, 3.8) is 0 Å². The number of carbonyl (C=O) groups excluding carboxylic acids is 1. The van der Waals surface area contributed by atoms with Gasteiger partial charge >= 0.3 is 0 Å². The van der Waals surface area contributed by atoms with Crippen LogP contribution in [0.15, 0.2) is 60.9 Å². The summed E-state index contributed by atoms with van der Waals surface area (Å²) >= 11 is 0. The second-order valence-corrected chi connectivity index (χ2v) is 4.86. The molecule has 2 N–H and O–H groups in total. The van der Waals surface area contributed by atoms with Gasteiger partial charge in [0.15, 0.2) is 0 Å². The molecule has 24 heavy (non-hydrogen) atoms. The van der Waals surface area contributed by atoms with Crippen LogP contribution in [0.1, 0.15) is 10.4 Å². The first-order chi connectivity index (χ1) is 11.6. The molecule has 0 unspecified atom stereocenters. The number of aromatic nitrogens is 2. The van der Waals surface area contributed by atoms with Crippen molar-refractivity contribution in [2.45, 2.75) is 0 Å². The number of carbonyl (C=O) groups is 1. The van der Waals surface area contributed by atoms with Crippen molar-refractivity contribution in [3.8, 4) is 0 Å². The van der Waals surface area contributed by atoms with E-state index >= 15 is 0 Å². The SMILES string of the molecule is O=C(Nc1ccccc1F)c1cnc(Nc2ccc(F)cc2)nc1. The zero-order valence-corrected chi connectivity index (χ0v) is 12.3. The van der Waals surface area contributed by atoms with Crippen molar-refractivity contribution >= 4 is 23.2 Å². The third kappa shape index (κ3) is 3.70. The molecule has 2 aromatic carbocycles. The van der Waals surface area contributed by atoms with Crippen molar-refractivity contribution in [2.24, 2.45) is 0 Å². The van der Waals surface area contributed by atoms with E-state index in [0.29, 0.717) is 5.69 Å². The minimum absolute atomic E-state index is 0.0796. The summed E-state index contributed by atoms with van der Waals surface area (Å²) in [6.45, 7) is 0. The van der Waals surface area contributed by atoms with Gasteiger partial charge in [0.2, 0.25) is 5.95 Å². The van der Waals surface area contributed by atoms with Crippen LogP contribution >= 0.6 is 0 Å². The number of hydrogen-bond donors (Lipinski definition) is 2. The number of halogens is 2. The van der Waals surface area contributed by atoms with Crippen molar-refractivity contribution < 1.29 is 13.6 Å². The van der Waals surface area contributed by atoms with Crippen LogP contribution < -0.4 is 10.6 Å². The summed E-state index contributed by atoms with van der Waals surface area (Å²) in [4.78, 5) is 20.1. The molecule has 0 atom stereocenters. The molecule has 7 heteroatoms. The van der Waals surface area contributed by atoms with E-state index in [0.717, 1.165) is 0 Å². The van der Waals surface area contributed by atoms with Crippen molar-refractivity contribution in [3.05, 3.63) is 78.1 Å². The van der Waals surface area contributed by atoms with Gasteiger partial charge in [-0.25, -0.2) is 18.7 Å². The van der Waals surface area contributed by atoms with Gasteiger partial charge in [0.1, 0.15) is 11.6 Å². The molecule has 3 aromatic rings. The largest absolute Gasteiger partial charge is 0.324 e. The van der Waals surface area contributed by atoms with E-state index in [-0.39, 0.29) is 23.0 Å². The summed E-state index contributed by atoms with van der Waals surface area (Å²) in [5, 5.41) is 5.32. The Morgan fingerprint density at radius 2 is 1.58 bits per heavy atom. The quantitative estimate of drug-likeness (QED) is 0.766. The van der Waals surface area contributed by atoms with E-state index in [4.69, 9.17) is 0 Å². The summed E-state index contributed by atoms with van der Waals surface area (Å²) in [6, 6.07) is 11.5. The molecule has 1 amide bonds. The first-order valence-corrected chi connectivity index (χ1v) is 7.02. The number of anilines is 3. The fraction of sp³-hybridized carbons (Fsp3) is 0. The van der Waals surface area contributed by atoms with Crippen LogP contribution in [0.2, 0.25) is 0 Å². The fourth-order valence-electron chi connectivity index (χ4n) is 1.93. The van der Waals surface area contributed by atoms with Gasteiger partial charge in [-0.05, 0) is 36.4 Å². The standard InChI is InChI=1S/C17H12F2N4O/c18-12-5-7-13(8-6-12)22-17-20-9-11(10-21-17)16(24)23-15-4-2-1-3-14(15)19/h1-10H,(H,23,24)(H,20,21,22). The Balaban J connectivity index is 1.68. The van der Waals surface area contributed by atoms with Crippen LogP contribution in [0.25, 0.3) is 0 Å². The van der Waals surface area contributed by atoms with Gasteiger partial charge in [-0.3, -0.25) is 4.79 Å². The molecule has 0 bridgehead atoms. The van der Waals surface area contributed by atoms with Crippen LogP contribution in [0, 0.1) is 11.6 Å². The average molecular weight is 326 g/mol.